The van der Waals surface area contributed by atoms with Gasteiger partial charge in [0.1, 0.15) is 6.61 Å². The van der Waals surface area contributed by atoms with E-state index >= 15 is 0 Å². The minimum absolute atomic E-state index is 0.289. The number of esters is 1. The van der Waals surface area contributed by atoms with Crippen LogP contribution in [0.3, 0.4) is 0 Å². The molecule has 6 rings (SSSR count). The van der Waals surface area contributed by atoms with Crippen molar-refractivity contribution in [2.75, 3.05) is 13.2 Å². The van der Waals surface area contributed by atoms with E-state index in [0.717, 1.165) is 27.6 Å². The highest BCUT2D eigenvalue weighted by atomic mass is 32.2. The van der Waals surface area contributed by atoms with E-state index in [1.54, 1.807) is 54.6 Å². The number of carbonyl (C=O) groups is 1. The maximum absolute atomic E-state index is 13.4. The van der Waals surface area contributed by atoms with Gasteiger partial charge < -0.3 is 9.47 Å². The highest BCUT2D eigenvalue weighted by molar-refractivity contribution is 7.94. The molecule has 0 aromatic heterocycles. The van der Waals surface area contributed by atoms with Gasteiger partial charge in [-0.05, 0) is 45.2 Å². The molecule has 6 nitrogen and oxygen atoms in total. The molecule has 50 heavy (non-hydrogen) atoms. The molecule has 0 radical (unpaired) electrons. The Morgan fingerprint density at radius 1 is 0.720 bits per heavy atom. The van der Waals surface area contributed by atoms with Crippen LogP contribution in [0.2, 0.25) is 0 Å². The topological polar surface area (TPSA) is 89.9 Å². The number of ether oxygens (including phenoxy) is 2. The molecule has 0 spiro atoms. The zero-order valence-corrected chi connectivity index (χ0v) is 28.0. The molecule has 0 fully saturated rings. The van der Waals surface area contributed by atoms with Crippen LogP contribution in [0.1, 0.15) is 22.0 Å². The molecule has 0 heterocycles. The van der Waals surface area contributed by atoms with E-state index in [4.69, 9.17) is 14.0 Å². The van der Waals surface area contributed by atoms with E-state index in [1.165, 1.54) is 0 Å². The van der Waals surface area contributed by atoms with Gasteiger partial charge in [-0.2, -0.15) is 21.1 Å². The van der Waals surface area contributed by atoms with E-state index in [0.29, 0.717) is 28.0 Å². The Labute approximate surface area is 292 Å². The van der Waals surface area contributed by atoms with Crippen LogP contribution in [0.15, 0.2) is 157 Å². The lowest BCUT2D eigenvalue weighted by Crippen LogP contribution is -2.34. The zero-order chi connectivity index (χ0) is 35.6. The second-order valence-corrected chi connectivity index (χ2v) is 13.1. The third-order valence-corrected chi connectivity index (χ3v) is 8.98. The first-order chi connectivity index (χ1) is 24.1. The molecule has 0 bridgehead atoms. The number of hydrogen-bond donors (Lipinski definition) is 1. The summed E-state index contributed by atoms with van der Waals surface area (Å²) >= 11 is 0.299. The van der Waals surface area contributed by atoms with Crippen LogP contribution in [0, 0.1) is 0 Å². The van der Waals surface area contributed by atoms with Gasteiger partial charge >= 0.3 is 21.3 Å². The maximum Gasteiger partial charge on any atom is 0.392 e. The average molecular weight is 717 g/mol. The van der Waals surface area contributed by atoms with Crippen LogP contribution in [0.4, 0.5) is 12.7 Å². The molecule has 0 saturated carbocycles. The number of fused-ring (bicyclic) bond motifs is 1. The molecule has 1 unspecified atom stereocenters. The zero-order valence-electron chi connectivity index (χ0n) is 26.4. The molecule has 0 aliphatic rings. The predicted octanol–water partition coefficient (Wildman–Crippen LogP) is 10.2. The fourth-order valence-electron chi connectivity index (χ4n) is 5.18. The fraction of sp³-hybridized carbons (Fsp3) is 0.103. The Bertz CT molecular complexity index is 2130. The minimum Gasteiger partial charge on any atom is -0.451 e. The van der Waals surface area contributed by atoms with Crippen molar-refractivity contribution in [3.63, 3.8) is 0 Å². The number of hydrogen-bond acceptors (Lipinski definition) is 6. The van der Waals surface area contributed by atoms with Crippen molar-refractivity contribution in [1.82, 2.24) is 0 Å². The van der Waals surface area contributed by atoms with Crippen LogP contribution in [0.25, 0.3) is 33.0 Å². The summed E-state index contributed by atoms with van der Waals surface area (Å²) in [5.41, 5.74) is 4.90. The maximum atomic E-state index is 13.4. The average Bonchev–Trinajstić information content (AvgIpc) is 3.14. The smallest absolute Gasteiger partial charge is 0.392 e. The summed E-state index contributed by atoms with van der Waals surface area (Å²) in [6, 6.07) is 46.4. The lowest BCUT2D eigenvalue weighted by molar-refractivity contribution is -0.0533. The molecule has 0 aliphatic carbocycles. The number of rotatable bonds is 11. The SMILES string of the molecule is FSc1cccc(-c2ccccc2)c1-c1ccccc1.O=C(OC(COCC(F)(F)S(=O)(=O)O)c1ccccc1)c1cccc2ccccc12. The molecular weight excluding hydrogens is 686 g/mol. The highest BCUT2D eigenvalue weighted by Crippen LogP contribution is 2.39. The van der Waals surface area contributed by atoms with E-state index in [-0.39, 0.29) is 5.56 Å². The molecular formula is C39H31F3O6S2. The molecule has 0 saturated heterocycles. The molecule has 6 aromatic rings. The second kappa shape index (κ2) is 16.6. The Balaban J connectivity index is 0.000000210. The summed E-state index contributed by atoms with van der Waals surface area (Å²) in [5, 5.41) is -2.99. The van der Waals surface area contributed by atoms with E-state index < -0.39 is 40.7 Å². The van der Waals surface area contributed by atoms with Crippen LogP contribution in [-0.4, -0.2) is 37.4 Å². The second-order valence-electron chi connectivity index (χ2n) is 10.9. The van der Waals surface area contributed by atoms with Gasteiger partial charge in [0.25, 0.3) is 0 Å². The molecule has 1 N–H and O–H groups in total. The van der Waals surface area contributed by atoms with Gasteiger partial charge in [0.15, 0.2) is 6.10 Å². The summed E-state index contributed by atoms with van der Waals surface area (Å²) in [4.78, 5) is 13.5. The molecule has 11 heteroatoms. The summed E-state index contributed by atoms with van der Waals surface area (Å²) < 4.78 is 80.5. The van der Waals surface area contributed by atoms with Crippen molar-refractivity contribution >= 4 is 39.0 Å². The van der Waals surface area contributed by atoms with E-state index in [1.807, 2.05) is 84.9 Å². The van der Waals surface area contributed by atoms with Crippen molar-refractivity contribution in [3.05, 3.63) is 163 Å². The Hall–Kier alpha value is -4.94. The van der Waals surface area contributed by atoms with Crippen molar-refractivity contribution in [2.24, 2.45) is 0 Å². The largest absolute Gasteiger partial charge is 0.451 e. The number of halogens is 3. The fourth-order valence-corrected chi connectivity index (χ4v) is 5.84. The van der Waals surface area contributed by atoms with Gasteiger partial charge in [-0.3, -0.25) is 4.55 Å². The van der Waals surface area contributed by atoms with Crippen LogP contribution in [0.5, 0.6) is 0 Å². The Kier molecular flexibility index (Phi) is 12.1. The highest BCUT2D eigenvalue weighted by Gasteiger charge is 2.44. The minimum atomic E-state index is -5.62. The monoisotopic (exact) mass is 716 g/mol. The number of alkyl halides is 2. The Morgan fingerprint density at radius 3 is 1.92 bits per heavy atom. The molecule has 0 aliphatic heterocycles. The summed E-state index contributed by atoms with van der Waals surface area (Å²) in [5.74, 6) is -0.689. The van der Waals surface area contributed by atoms with Crippen molar-refractivity contribution < 1.29 is 39.9 Å². The molecule has 1 atom stereocenters. The third kappa shape index (κ3) is 8.99. The van der Waals surface area contributed by atoms with Gasteiger partial charge in [0.05, 0.1) is 24.3 Å². The normalized spacial score (nSPS) is 12.1. The number of carbonyl (C=O) groups excluding carboxylic acids is 1. The van der Waals surface area contributed by atoms with E-state index in [2.05, 4.69) is 12.1 Å². The first-order valence-electron chi connectivity index (χ1n) is 15.3. The molecule has 256 valence electrons. The molecule has 6 aromatic carbocycles. The van der Waals surface area contributed by atoms with Gasteiger partial charge in [0, 0.05) is 10.5 Å². The lowest BCUT2D eigenvalue weighted by Gasteiger charge is -2.20. The van der Waals surface area contributed by atoms with Gasteiger partial charge in [-0.25, -0.2) is 4.79 Å². The quantitative estimate of drug-likeness (QED) is 0.105. The summed E-state index contributed by atoms with van der Waals surface area (Å²) in [6.07, 6.45) is -1.07. The number of benzene rings is 6. The van der Waals surface area contributed by atoms with Gasteiger partial charge in [-0.15, -0.1) is 0 Å². The summed E-state index contributed by atoms with van der Waals surface area (Å²) in [6.45, 7) is -2.12. The van der Waals surface area contributed by atoms with Crippen molar-refractivity contribution in [2.45, 2.75) is 16.3 Å². The third-order valence-electron chi connectivity index (χ3n) is 7.60. The first-order valence-corrected chi connectivity index (χ1v) is 17.4. The van der Waals surface area contributed by atoms with Crippen molar-refractivity contribution in [3.8, 4) is 22.3 Å². The summed E-state index contributed by atoms with van der Waals surface area (Å²) in [7, 11) is -5.62. The first kappa shape index (κ1) is 36.3. The molecule has 0 amide bonds. The lowest BCUT2D eigenvalue weighted by atomic mass is 9.94. The van der Waals surface area contributed by atoms with E-state index in [9.17, 15) is 25.9 Å². The predicted molar refractivity (Wildman–Crippen MR) is 190 cm³/mol. The standard InChI is InChI=1S/C21H18F2O6S.C18H13FS/c22-21(23,30(25,26)27)14-28-13-19(16-8-2-1-3-9-16)29-20(24)18-12-6-10-15-7-4-5-11-17(15)18;19-20-17-13-7-12-16(14-8-3-1-4-9-14)18(17)15-10-5-2-6-11-15/h1-12,19H,13-14H2,(H,25,26,27);1-13H. The Morgan fingerprint density at radius 2 is 1.28 bits per heavy atom. The van der Waals surface area contributed by atoms with Crippen LogP contribution in [-0.2, 0) is 19.6 Å². The van der Waals surface area contributed by atoms with Gasteiger partial charge in [0.2, 0.25) is 0 Å². The van der Waals surface area contributed by atoms with Crippen LogP contribution >= 0.6 is 12.1 Å². The van der Waals surface area contributed by atoms with Crippen LogP contribution < -0.4 is 0 Å². The van der Waals surface area contributed by atoms with Crippen molar-refractivity contribution in [1.29, 1.82) is 0 Å². The van der Waals surface area contributed by atoms with Gasteiger partial charge in [-0.1, -0.05) is 140 Å².